The summed E-state index contributed by atoms with van der Waals surface area (Å²) in [6, 6.07) is 0. The quantitative estimate of drug-likeness (QED) is 0.187. The van der Waals surface area contributed by atoms with Gasteiger partial charge >= 0.3 is 5.97 Å². The number of unbranched alkanes of at least 4 members (excludes halogenated alkanes) is 11. The van der Waals surface area contributed by atoms with Gasteiger partial charge in [-0.2, -0.15) is 5.06 Å². The van der Waals surface area contributed by atoms with Gasteiger partial charge in [-0.1, -0.05) is 71.1 Å². The van der Waals surface area contributed by atoms with E-state index in [2.05, 4.69) is 6.92 Å². The number of hydrogen-bond donors (Lipinski definition) is 0. The fourth-order valence-corrected chi connectivity index (χ4v) is 2.64. The maximum Gasteiger partial charge on any atom is 0.305 e. The number of nitrogens with zero attached hydrogens (tertiary/aromatic N) is 1. The first-order valence-electron chi connectivity index (χ1n) is 10.1. The second-order valence-corrected chi connectivity index (χ2v) is 6.86. The van der Waals surface area contributed by atoms with Crippen LogP contribution in [0.15, 0.2) is 0 Å². The van der Waals surface area contributed by atoms with Crippen LogP contribution in [0.1, 0.15) is 96.8 Å². The molecule has 0 fully saturated rings. The Hall–Kier alpha value is -0.610. The van der Waals surface area contributed by atoms with E-state index in [-0.39, 0.29) is 5.97 Å². The van der Waals surface area contributed by atoms with Crippen LogP contribution in [0.4, 0.5) is 0 Å². The molecule has 0 radical (unpaired) electrons. The van der Waals surface area contributed by atoms with Crippen LogP contribution in [0.2, 0.25) is 0 Å². The Balaban J connectivity index is 3.15. The predicted octanol–water partition coefficient (Wildman–Crippen LogP) is 5.50. The highest BCUT2D eigenvalue weighted by molar-refractivity contribution is 5.69. The molecular weight excluding hydrogens is 302 g/mol. The summed E-state index contributed by atoms with van der Waals surface area (Å²) in [4.78, 5) is 16.9. The van der Waals surface area contributed by atoms with Gasteiger partial charge in [0.2, 0.25) is 0 Å². The fraction of sp³-hybridized carbons (Fsp3) is 0.950. The van der Waals surface area contributed by atoms with Crippen molar-refractivity contribution in [2.45, 2.75) is 96.8 Å². The first kappa shape index (κ1) is 23.4. The maximum absolute atomic E-state index is 11.6. The molecule has 0 aromatic carbocycles. The van der Waals surface area contributed by atoms with Gasteiger partial charge in [-0.05, 0) is 19.3 Å². The largest absolute Gasteiger partial charge is 0.466 e. The van der Waals surface area contributed by atoms with Crippen molar-refractivity contribution < 1.29 is 14.4 Å². The Morgan fingerprint density at radius 2 is 1.21 bits per heavy atom. The molecule has 0 spiro atoms. The minimum Gasteiger partial charge on any atom is -0.466 e. The Labute approximate surface area is 150 Å². The van der Waals surface area contributed by atoms with E-state index < -0.39 is 0 Å². The van der Waals surface area contributed by atoms with Gasteiger partial charge in [-0.3, -0.25) is 9.63 Å². The minimum atomic E-state index is -0.0422. The molecule has 0 unspecified atom stereocenters. The molecule has 0 aliphatic carbocycles. The summed E-state index contributed by atoms with van der Waals surface area (Å²) in [5.41, 5.74) is 0. The fourth-order valence-electron chi connectivity index (χ4n) is 2.64. The van der Waals surface area contributed by atoms with Crippen LogP contribution in [0, 0.1) is 0 Å². The molecule has 0 atom stereocenters. The lowest BCUT2D eigenvalue weighted by Crippen LogP contribution is -2.13. The van der Waals surface area contributed by atoms with Gasteiger partial charge in [0.1, 0.15) is 0 Å². The van der Waals surface area contributed by atoms with Gasteiger partial charge in [0.05, 0.1) is 13.2 Å². The van der Waals surface area contributed by atoms with Crippen molar-refractivity contribution in [1.82, 2.24) is 5.06 Å². The molecule has 0 aliphatic heterocycles. The number of ether oxygens (including phenoxy) is 1. The molecule has 0 N–H and O–H groups in total. The first-order chi connectivity index (χ1) is 11.7. The van der Waals surface area contributed by atoms with E-state index in [4.69, 9.17) is 9.57 Å². The number of hydroxylamine groups is 2. The van der Waals surface area contributed by atoms with Gasteiger partial charge in [0, 0.05) is 20.5 Å². The van der Waals surface area contributed by atoms with E-state index in [9.17, 15) is 4.79 Å². The summed E-state index contributed by atoms with van der Waals surface area (Å²) in [5, 5.41) is 1.71. The van der Waals surface area contributed by atoms with E-state index >= 15 is 0 Å². The van der Waals surface area contributed by atoms with Crippen molar-refractivity contribution in [2.24, 2.45) is 0 Å². The summed E-state index contributed by atoms with van der Waals surface area (Å²) < 4.78 is 5.28. The van der Waals surface area contributed by atoms with Crippen LogP contribution in [-0.4, -0.2) is 38.3 Å². The van der Waals surface area contributed by atoms with Crippen LogP contribution < -0.4 is 0 Å². The zero-order valence-corrected chi connectivity index (χ0v) is 16.5. The summed E-state index contributed by atoms with van der Waals surface area (Å²) in [6.45, 7) is 3.58. The number of esters is 1. The van der Waals surface area contributed by atoms with Crippen LogP contribution in [0.5, 0.6) is 0 Å². The molecule has 4 nitrogen and oxygen atoms in total. The van der Waals surface area contributed by atoms with Gasteiger partial charge in [0.25, 0.3) is 0 Å². The Morgan fingerprint density at radius 3 is 1.79 bits per heavy atom. The van der Waals surface area contributed by atoms with Crippen molar-refractivity contribution in [3.63, 3.8) is 0 Å². The molecule has 0 saturated heterocycles. The molecule has 0 bridgehead atoms. The van der Waals surface area contributed by atoms with Crippen molar-refractivity contribution >= 4 is 5.97 Å². The molecule has 24 heavy (non-hydrogen) atoms. The van der Waals surface area contributed by atoms with Crippen LogP contribution in [0.3, 0.4) is 0 Å². The third kappa shape index (κ3) is 19.4. The third-order valence-corrected chi connectivity index (χ3v) is 4.14. The lowest BCUT2D eigenvalue weighted by atomic mass is 10.1. The van der Waals surface area contributed by atoms with Gasteiger partial charge in [-0.15, -0.1) is 0 Å². The molecule has 0 aromatic heterocycles. The third-order valence-electron chi connectivity index (χ3n) is 4.14. The molecule has 0 amide bonds. The number of carbonyl (C=O) groups excluding carboxylic acids is 1. The van der Waals surface area contributed by atoms with E-state index in [0.29, 0.717) is 13.0 Å². The SMILES string of the molecule is CCCCCCCCCCCCOC(=O)CCCCCON(C)C. The molecule has 0 rings (SSSR count). The van der Waals surface area contributed by atoms with E-state index in [1.807, 2.05) is 14.1 Å². The van der Waals surface area contributed by atoms with E-state index in [1.165, 1.54) is 57.8 Å². The molecule has 0 saturated carbocycles. The molecule has 144 valence electrons. The lowest BCUT2D eigenvalue weighted by Gasteiger charge is -2.09. The highest BCUT2D eigenvalue weighted by Gasteiger charge is 2.02. The minimum absolute atomic E-state index is 0.0422. The average molecular weight is 344 g/mol. The molecular formula is C20H41NO3. The highest BCUT2D eigenvalue weighted by Crippen LogP contribution is 2.10. The summed E-state index contributed by atoms with van der Waals surface area (Å²) in [7, 11) is 3.76. The van der Waals surface area contributed by atoms with Gasteiger partial charge in [0.15, 0.2) is 0 Å². The Kier molecular flexibility index (Phi) is 18.2. The zero-order valence-electron chi connectivity index (χ0n) is 16.5. The molecule has 0 aliphatic rings. The zero-order chi connectivity index (χ0) is 17.9. The normalized spacial score (nSPS) is 11.2. The van der Waals surface area contributed by atoms with Crippen LogP contribution >= 0.6 is 0 Å². The summed E-state index contributed by atoms with van der Waals surface area (Å²) >= 11 is 0. The molecule has 0 aromatic rings. The van der Waals surface area contributed by atoms with Crippen molar-refractivity contribution in [3.05, 3.63) is 0 Å². The number of carbonyl (C=O) groups is 1. The Bertz CT molecular complexity index is 270. The summed E-state index contributed by atoms with van der Waals surface area (Å²) in [6.07, 6.45) is 16.5. The van der Waals surface area contributed by atoms with Crippen molar-refractivity contribution in [3.8, 4) is 0 Å². The predicted molar refractivity (Wildman–Crippen MR) is 101 cm³/mol. The van der Waals surface area contributed by atoms with Crippen LogP contribution in [-0.2, 0) is 14.4 Å². The van der Waals surface area contributed by atoms with Gasteiger partial charge < -0.3 is 4.74 Å². The standard InChI is InChI=1S/C20H41NO3/c1-4-5-6-7-8-9-10-11-12-15-18-23-20(22)17-14-13-16-19-24-21(2)3/h4-19H2,1-3H3. The topological polar surface area (TPSA) is 38.8 Å². The second-order valence-electron chi connectivity index (χ2n) is 6.86. The van der Waals surface area contributed by atoms with Crippen molar-refractivity contribution in [1.29, 1.82) is 0 Å². The molecule has 4 heteroatoms. The van der Waals surface area contributed by atoms with Crippen LogP contribution in [0.25, 0.3) is 0 Å². The van der Waals surface area contributed by atoms with Gasteiger partial charge in [-0.25, -0.2) is 0 Å². The average Bonchev–Trinajstić information content (AvgIpc) is 2.55. The van der Waals surface area contributed by atoms with Crippen molar-refractivity contribution in [2.75, 3.05) is 27.3 Å². The first-order valence-corrected chi connectivity index (χ1v) is 10.1. The summed E-state index contributed by atoms with van der Waals surface area (Å²) in [5.74, 6) is -0.0422. The number of hydrogen-bond acceptors (Lipinski definition) is 4. The monoisotopic (exact) mass is 343 g/mol. The smallest absolute Gasteiger partial charge is 0.305 e. The highest BCUT2D eigenvalue weighted by atomic mass is 16.7. The number of rotatable bonds is 18. The second kappa shape index (κ2) is 18.7. The lowest BCUT2D eigenvalue weighted by molar-refractivity contribution is -0.144. The Morgan fingerprint density at radius 1 is 0.708 bits per heavy atom. The van der Waals surface area contributed by atoms with E-state index in [0.717, 1.165) is 32.3 Å². The maximum atomic E-state index is 11.6. The molecule has 0 heterocycles. The van der Waals surface area contributed by atoms with E-state index in [1.54, 1.807) is 5.06 Å².